The zero-order chi connectivity index (χ0) is 19.2. The molecule has 5 nitrogen and oxygen atoms in total. The Bertz CT molecular complexity index is 773. The maximum Gasteiger partial charge on any atom is 0.265 e. The third-order valence-corrected chi connectivity index (χ3v) is 5.01. The number of carbonyl (C=O) groups is 1. The average molecular weight is 389 g/mol. The quantitative estimate of drug-likeness (QED) is 0.802. The Kier molecular flexibility index (Phi) is 6.58. The van der Waals surface area contributed by atoms with Crippen molar-refractivity contribution in [3.8, 4) is 5.75 Å². The minimum Gasteiger partial charge on any atom is -0.481 e. The highest BCUT2D eigenvalue weighted by Gasteiger charge is 2.19. The van der Waals surface area contributed by atoms with E-state index in [1.54, 1.807) is 12.1 Å². The van der Waals surface area contributed by atoms with Gasteiger partial charge in [-0.2, -0.15) is 0 Å². The summed E-state index contributed by atoms with van der Waals surface area (Å²) in [4.78, 5) is 14.9. The molecule has 144 valence electrons. The maximum atomic E-state index is 12.6. The number of morpholine rings is 1. The van der Waals surface area contributed by atoms with E-state index in [1.807, 2.05) is 44.2 Å². The topological polar surface area (TPSA) is 50.8 Å². The highest BCUT2D eigenvalue weighted by atomic mass is 35.5. The Morgan fingerprint density at radius 1 is 1.22 bits per heavy atom. The van der Waals surface area contributed by atoms with Crippen molar-refractivity contribution < 1.29 is 14.3 Å². The number of anilines is 2. The van der Waals surface area contributed by atoms with E-state index >= 15 is 0 Å². The van der Waals surface area contributed by atoms with Gasteiger partial charge in [0, 0.05) is 29.5 Å². The van der Waals surface area contributed by atoms with Gasteiger partial charge in [0.25, 0.3) is 5.91 Å². The van der Waals surface area contributed by atoms with Crippen LogP contribution in [0.4, 0.5) is 11.4 Å². The fraction of sp³-hybridized carbons (Fsp3) is 0.381. The molecule has 1 heterocycles. The smallest absolute Gasteiger partial charge is 0.265 e. The van der Waals surface area contributed by atoms with Gasteiger partial charge in [0.15, 0.2) is 6.10 Å². The lowest BCUT2D eigenvalue weighted by Crippen LogP contribution is -2.36. The zero-order valence-corrected chi connectivity index (χ0v) is 16.5. The average Bonchev–Trinajstić information content (AvgIpc) is 2.70. The van der Waals surface area contributed by atoms with Gasteiger partial charge in [0.05, 0.1) is 13.2 Å². The van der Waals surface area contributed by atoms with Gasteiger partial charge in [0.2, 0.25) is 0 Å². The molecule has 1 amide bonds. The van der Waals surface area contributed by atoms with Crippen LogP contribution in [0.15, 0.2) is 42.5 Å². The van der Waals surface area contributed by atoms with Crippen LogP contribution in [0.3, 0.4) is 0 Å². The van der Waals surface area contributed by atoms with Crippen LogP contribution in [0.25, 0.3) is 0 Å². The fourth-order valence-corrected chi connectivity index (χ4v) is 3.09. The number of halogens is 1. The molecule has 2 aromatic rings. The number of hydrogen-bond acceptors (Lipinski definition) is 4. The summed E-state index contributed by atoms with van der Waals surface area (Å²) < 4.78 is 11.2. The molecule has 1 aliphatic rings. The molecule has 0 spiro atoms. The highest BCUT2D eigenvalue weighted by Crippen LogP contribution is 2.23. The van der Waals surface area contributed by atoms with Gasteiger partial charge in [-0.1, -0.05) is 18.5 Å². The van der Waals surface area contributed by atoms with Crippen LogP contribution in [-0.4, -0.2) is 38.3 Å². The van der Waals surface area contributed by atoms with E-state index in [2.05, 4.69) is 10.2 Å². The molecular formula is C21H25ClN2O3. The molecule has 27 heavy (non-hydrogen) atoms. The lowest BCUT2D eigenvalue weighted by molar-refractivity contribution is -0.122. The SMILES string of the molecule is CC[C@@H](Oc1ccc(Cl)c(C)c1)C(=O)Nc1ccc(N2CCOCC2)cc1. The molecule has 1 N–H and O–H groups in total. The number of benzene rings is 2. The normalized spacial score (nSPS) is 15.3. The summed E-state index contributed by atoms with van der Waals surface area (Å²) in [7, 11) is 0. The number of carbonyl (C=O) groups excluding carboxylic acids is 1. The van der Waals surface area contributed by atoms with E-state index in [1.165, 1.54) is 0 Å². The Hall–Kier alpha value is -2.24. The van der Waals surface area contributed by atoms with Crippen molar-refractivity contribution in [2.75, 3.05) is 36.5 Å². The highest BCUT2D eigenvalue weighted by molar-refractivity contribution is 6.31. The first kappa shape index (κ1) is 19.5. The van der Waals surface area contributed by atoms with Crippen molar-refractivity contribution in [1.29, 1.82) is 0 Å². The number of amides is 1. The van der Waals surface area contributed by atoms with Crippen molar-refractivity contribution in [1.82, 2.24) is 0 Å². The molecule has 0 aliphatic carbocycles. The standard InChI is InChI=1S/C21H25ClN2O3/c1-3-20(27-18-8-9-19(22)15(2)14-18)21(25)23-16-4-6-17(7-5-16)24-10-12-26-13-11-24/h4-9,14,20H,3,10-13H2,1-2H3,(H,23,25)/t20-/m1/s1. The number of rotatable bonds is 6. The molecular weight excluding hydrogens is 364 g/mol. The van der Waals surface area contributed by atoms with Crippen LogP contribution in [0.2, 0.25) is 5.02 Å². The maximum absolute atomic E-state index is 12.6. The van der Waals surface area contributed by atoms with Crippen LogP contribution in [0.5, 0.6) is 5.75 Å². The van der Waals surface area contributed by atoms with Crippen molar-refractivity contribution in [2.45, 2.75) is 26.4 Å². The van der Waals surface area contributed by atoms with Crippen LogP contribution >= 0.6 is 11.6 Å². The number of nitrogens with one attached hydrogen (secondary N) is 1. The molecule has 1 saturated heterocycles. The molecule has 1 aliphatic heterocycles. The van der Waals surface area contributed by atoms with Gasteiger partial charge >= 0.3 is 0 Å². The van der Waals surface area contributed by atoms with Crippen LogP contribution in [-0.2, 0) is 9.53 Å². The van der Waals surface area contributed by atoms with Gasteiger partial charge in [-0.05, 0) is 61.4 Å². The Balaban J connectivity index is 1.61. The molecule has 0 unspecified atom stereocenters. The summed E-state index contributed by atoms with van der Waals surface area (Å²) in [6, 6.07) is 13.3. The summed E-state index contributed by atoms with van der Waals surface area (Å²) in [6.07, 6.45) is 0.00354. The molecule has 1 atom stereocenters. The van der Waals surface area contributed by atoms with E-state index in [9.17, 15) is 4.79 Å². The molecule has 0 saturated carbocycles. The van der Waals surface area contributed by atoms with Crippen LogP contribution in [0.1, 0.15) is 18.9 Å². The number of hydrogen-bond donors (Lipinski definition) is 1. The third-order valence-electron chi connectivity index (χ3n) is 4.58. The Morgan fingerprint density at radius 2 is 1.93 bits per heavy atom. The minimum atomic E-state index is -0.565. The van der Waals surface area contributed by atoms with Gasteiger partial charge in [0.1, 0.15) is 5.75 Å². The first-order valence-corrected chi connectivity index (χ1v) is 9.61. The molecule has 3 rings (SSSR count). The Morgan fingerprint density at radius 3 is 2.56 bits per heavy atom. The summed E-state index contributed by atoms with van der Waals surface area (Å²) in [6.45, 7) is 7.10. The second-order valence-electron chi connectivity index (χ2n) is 6.56. The van der Waals surface area contributed by atoms with Crippen molar-refractivity contribution in [3.05, 3.63) is 53.1 Å². The third kappa shape index (κ3) is 5.15. The zero-order valence-electron chi connectivity index (χ0n) is 15.7. The fourth-order valence-electron chi connectivity index (χ4n) is 2.98. The van der Waals surface area contributed by atoms with Crippen LogP contribution < -0.4 is 15.0 Å². The number of ether oxygens (including phenoxy) is 2. The summed E-state index contributed by atoms with van der Waals surface area (Å²) in [5.74, 6) is 0.478. The van der Waals surface area contributed by atoms with Crippen molar-refractivity contribution >= 4 is 28.9 Å². The summed E-state index contributed by atoms with van der Waals surface area (Å²) >= 11 is 6.04. The van der Waals surface area contributed by atoms with Gasteiger partial charge in [-0.3, -0.25) is 4.79 Å². The molecule has 6 heteroatoms. The lowest BCUT2D eigenvalue weighted by Gasteiger charge is -2.29. The monoisotopic (exact) mass is 388 g/mol. The summed E-state index contributed by atoms with van der Waals surface area (Å²) in [5, 5.41) is 3.62. The number of aryl methyl sites for hydroxylation is 1. The van der Waals surface area contributed by atoms with Gasteiger partial charge in [-0.15, -0.1) is 0 Å². The van der Waals surface area contributed by atoms with Crippen molar-refractivity contribution in [3.63, 3.8) is 0 Å². The lowest BCUT2D eigenvalue weighted by atomic mass is 10.2. The van der Waals surface area contributed by atoms with E-state index < -0.39 is 6.10 Å². The summed E-state index contributed by atoms with van der Waals surface area (Å²) in [5.41, 5.74) is 2.81. The minimum absolute atomic E-state index is 0.163. The first-order chi connectivity index (χ1) is 13.1. The Labute approximate surface area is 165 Å². The van der Waals surface area contributed by atoms with Gasteiger partial charge in [-0.25, -0.2) is 0 Å². The molecule has 0 radical (unpaired) electrons. The van der Waals surface area contributed by atoms with E-state index in [0.717, 1.165) is 43.2 Å². The second-order valence-corrected chi connectivity index (χ2v) is 6.97. The largest absolute Gasteiger partial charge is 0.481 e. The first-order valence-electron chi connectivity index (χ1n) is 9.23. The molecule has 0 aromatic heterocycles. The predicted molar refractivity (Wildman–Crippen MR) is 109 cm³/mol. The molecule has 0 bridgehead atoms. The molecule has 1 fully saturated rings. The van der Waals surface area contributed by atoms with Crippen LogP contribution in [0, 0.1) is 6.92 Å². The molecule has 2 aromatic carbocycles. The van der Waals surface area contributed by atoms with E-state index in [4.69, 9.17) is 21.1 Å². The number of nitrogens with zero attached hydrogens (tertiary/aromatic N) is 1. The van der Waals surface area contributed by atoms with Gasteiger partial charge < -0.3 is 19.7 Å². The second kappa shape index (κ2) is 9.11. The van der Waals surface area contributed by atoms with Crippen molar-refractivity contribution in [2.24, 2.45) is 0 Å². The van der Waals surface area contributed by atoms with E-state index in [0.29, 0.717) is 17.2 Å². The predicted octanol–water partition coefficient (Wildman–Crippen LogP) is 4.28. The van der Waals surface area contributed by atoms with E-state index in [-0.39, 0.29) is 5.91 Å².